The highest BCUT2D eigenvalue weighted by atomic mass is 16.6. The van der Waals surface area contributed by atoms with Crippen molar-refractivity contribution in [3.8, 4) is 5.75 Å². The number of nitrogens with zero attached hydrogens (tertiary/aromatic N) is 1. The number of hydrogen-bond acceptors (Lipinski definition) is 4. The molecule has 0 bridgehead atoms. The molecule has 0 aliphatic heterocycles. The lowest BCUT2D eigenvalue weighted by molar-refractivity contribution is -0.384. The average Bonchev–Trinajstić information content (AvgIpc) is 2.29. The summed E-state index contributed by atoms with van der Waals surface area (Å²) in [5.74, 6) is 0.128. The highest BCUT2D eigenvalue weighted by molar-refractivity contribution is 5.96. The van der Waals surface area contributed by atoms with Crippen LogP contribution in [0.25, 0.3) is 0 Å². The van der Waals surface area contributed by atoms with Crippen molar-refractivity contribution < 1.29 is 14.5 Å². The van der Waals surface area contributed by atoms with Crippen molar-refractivity contribution in [1.29, 1.82) is 0 Å². The van der Waals surface area contributed by atoms with Gasteiger partial charge in [-0.1, -0.05) is 20.8 Å². The van der Waals surface area contributed by atoms with Crippen molar-refractivity contribution in [2.75, 3.05) is 11.9 Å². The monoisotopic (exact) mass is 266 g/mol. The molecule has 0 aromatic heterocycles. The minimum absolute atomic E-state index is 0.174. The number of benzene rings is 1. The quantitative estimate of drug-likeness (QED) is 0.671. The number of rotatable bonds is 4. The Morgan fingerprint density at radius 2 is 2.05 bits per heavy atom. The van der Waals surface area contributed by atoms with E-state index < -0.39 is 10.3 Å². The Balaban J connectivity index is 3.07. The molecule has 1 aromatic carbocycles. The second-order valence-corrected chi connectivity index (χ2v) is 5.07. The summed E-state index contributed by atoms with van der Waals surface area (Å²) in [5, 5.41) is 13.6. The summed E-state index contributed by atoms with van der Waals surface area (Å²) in [6, 6.07) is 4.38. The van der Waals surface area contributed by atoms with Gasteiger partial charge in [-0.3, -0.25) is 14.9 Å². The Hall–Kier alpha value is -2.11. The zero-order chi connectivity index (χ0) is 14.6. The first kappa shape index (κ1) is 14.9. The number of nitro groups is 1. The number of nitrogens with one attached hydrogen (secondary N) is 1. The van der Waals surface area contributed by atoms with Crippen LogP contribution in [0.4, 0.5) is 11.4 Å². The molecule has 0 radical (unpaired) electrons. The predicted molar refractivity (Wildman–Crippen MR) is 72.4 cm³/mol. The predicted octanol–water partition coefficient (Wildman–Crippen LogP) is 2.98. The molecule has 0 fully saturated rings. The van der Waals surface area contributed by atoms with Crippen molar-refractivity contribution in [2.45, 2.75) is 27.7 Å². The molecule has 1 amide bonds. The Morgan fingerprint density at radius 3 is 2.53 bits per heavy atom. The van der Waals surface area contributed by atoms with Crippen LogP contribution in [0.15, 0.2) is 18.2 Å². The third kappa shape index (κ3) is 3.94. The Kier molecular flexibility index (Phi) is 4.47. The van der Waals surface area contributed by atoms with E-state index in [1.165, 1.54) is 12.1 Å². The molecule has 0 atom stereocenters. The van der Waals surface area contributed by atoms with Crippen LogP contribution in [-0.4, -0.2) is 17.4 Å². The highest BCUT2D eigenvalue weighted by Crippen LogP contribution is 2.30. The van der Waals surface area contributed by atoms with E-state index in [1.807, 2.05) is 0 Å². The molecule has 6 nitrogen and oxygen atoms in total. The lowest BCUT2D eigenvalue weighted by Gasteiger charge is -2.17. The molecule has 0 saturated carbocycles. The van der Waals surface area contributed by atoms with Gasteiger partial charge >= 0.3 is 0 Å². The molecule has 0 unspecified atom stereocenters. The van der Waals surface area contributed by atoms with E-state index in [1.54, 1.807) is 33.8 Å². The number of hydrogen-bond donors (Lipinski definition) is 1. The number of ether oxygens (including phenoxy) is 1. The van der Waals surface area contributed by atoms with E-state index in [9.17, 15) is 14.9 Å². The van der Waals surface area contributed by atoms with Gasteiger partial charge in [-0.25, -0.2) is 0 Å². The van der Waals surface area contributed by atoms with Crippen LogP contribution in [0.2, 0.25) is 0 Å². The number of amides is 1. The van der Waals surface area contributed by atoms with Crippen LogP contribution in [-0.2, 0) is 4.79 Å². The fourth-order valence-corrected chi connectivity index (χ4v) is 1.33. The first-order chi connectivity index (χ1) is 8.75. The Morgan fingerprint density at radius 1 is 1.42 bits per heavy atom. The second-order valence-electron chi connectivity index (χ2n) is 5.07. The molecule has 1 rings (SSSR count). The average molecular weight is 266 g/mol. The topological polar surface area (TPSA) is 81.5 Å². The normalized spacial score (nSPS) is 10.9. The van der Waals surface area contributed by atoms with E-state index >= 15 is 0 Å². The summed E-state index contributed by atoms with van der Waals surface area (Å²) in [5.41, 5.74) is -0.621. The molecule has 1 N–H and O–H groups in total. The van der Waals surface area contributed by atoms with Gasteiger partial charge in [0.05, 0.1) is 17.6 Å². The molecule has 0 heterocycles. The van der Waals surface area contributed by atoms with Crippen molar-refractivity contribution in [1.82, 2.24) is 0 Å². The van der Waals surface area contributed by atoms with Crippen LogP contribution >= 0.6 is 0 Å². The molecular weight excluding hydrogens is 248 g/mol. The molecule has 19 heavy (non-hydrogen) atoms. The molecule has 6 heteroatoms. The van der Waals surface area contributed by atoms with Crippen LogP contribution in [0.1, 0.15) is 27.7 Å². The first-order valence-corrected chi connectivity index (χ1v) is 5.98. The standard InChI is InChI=1S/C13H18N2O4/c1-5-19-9-6-7-10(11(8-9)15(17)18)14-12(16)13(2,3)4/h6-8H,5H2,1-4H3,(H,14,16). The van der Waals surface area contributed by atoms with E-state index in [4.69, 9.17) is 4.74 Å². The molecule has 0 saturated heterocycles. The molecule has 0 aliphatic rings. The van der Waals surface area contributed by atoms with E-state index in [0.29, 0.717) is 12.4 Å². The summed E-state index contributed by atoms with van der Waals surface area (Å²) in [4.78, 5) is 22.3. The fraction of sp³-hybridized carbons (Fsp3) is 0.462. The third-order valence-corrected chi connectivity index (χ3v) is 2.41. The van der Waals surface area contributed by atoms with Crippen molar-refractivity contribution >= 4 is 17.3 Å². The molecular formula is C13H18N2O4. The number of nitro benzene ring substituents is 1. The van der Waals surface area contributed by atoms with Crippen LogP contribution in [0.3, 0.4) is 0 Å². The Labute approximate surface area is 111 Å². The van der Waals surface area contributed by atoms with Crippen LogP contribution < -0.4 is 10.1 Å². The van der Waals surface area contributed by atoms with Gasteiger partial charge in [0.1, 0.15) is 11.4 Å². The van der Waals surface area contributed by atoms with Gasteiger partial charge in [0.2, 0.25) is 5.91 Å². The second kappa shape index (κ2) is 5.69. The summed E-state index contributed by atoms with van der Waals surface area (Å²) in [6.45, 7) is 7.43. The Bertz CT molecular complexity index is 492. The third-order valence-electron chi connectivity index (χ3n) is 2.41. The minimum Gasteiger partial charge on any atom is -0.494 e. The lowest BCUT2D eigenvalue weighted by atomic mass is 9.95. The van der Waals surface area contributed by atoms with E-state index in [-0.39, 0.29) is 17.3 Å². The van der Waals surface area contributed by atoms with Gasteiger partial charge in [-0.2, -0.15) is 0 Å². The molecule has 1 aromatic rings. The fourth-order valence-electron chi connectivity index (χ4n) is 1.33. The number of anilines is 1. The SMILES string of the molecule is CCOc1ccc(NC(=O)C(C)(C)C)c([N+](=O)[O-])c1. The summed E-state index contributed by atoms with van der Waals surface area (Å²) in [6.07, 6.45) is 0. The van der Waals surface area contributed by atoms with Crippen LogP contribution in [0, 0.1) is 15.5 Å². The highest BCUT2D eigenvalue weighted by Gasteiger charge is 2.24. The van der Waals surface area contributed by atoms with Crippen molar-refractivity contribution in [2.24, 2.45) is 5.41 Å². The van der Waals surface area contributed by atoms with Gasteiger partial charge < -0.3 is 10.1 Å². The molecule has 104 valence electrons. The minimum atomic E-state index is -0.619. The van der Waals surface area contributed by atoms with Crippen LogP contribution in [0.5, 0.6) is 5.75 Å². The summed E-state index contributed by atoms with van der Waals surface area (Å²) >= 11 is 0. The van der Waals surface area contributed by atoms with E-state index in [0.717, 1.165) is 0 Å². The summed E-state index contributed by atoms with van der Waals surface area (Å²) < 4.78 is 5.21. The van der Waals surface area contributed by atoms with Gasteiger partial charge in [-0.15, -0.1) is 0 Å². The first-order valence-electron chi connectivity index (χ1n) is 5.98. The number of carbonyl (C=O) groups is 1. The van der Waals surface area contributed by atoms with Gasteiger partial charge in [0, 0.05) is 5.41 Å². The van der Waals surface area contributed by atoms with Gasteiger partial charge in [0.15, 0.2) is 0 Å². The van der Waals surface area contributed by atoms with Crippen molar-refractivity contribution in [3.63, 3.8) is 0 Å². The molecule has 0 spiro atoms. The largest absolute Gasteiger partial charge is 0.494 e. The van der Waals surface area contributed by atoms with Gasteiger partial charge in [0.25, 0.3) is 5.69 Å². The molecule has 0 aliphatic carbocycles. The zero-order valence-corrected chi connectivity index (χ0v) is 11.5. The maximum absolute atomic E-state index is 11.9. The maximum Gasteiger partial charge on any atom is 0.296 e. The smallest absolute Gasteiger partial charge is 0.296 e. The van der Waals surface area contributed by atoms with E-state index in [2.05, 4.69) is 5.32 Å². The zero-order valence-electron chi connectivity index (χ0n) is 11.5. The summed E-state index contributed by atoms with van der Waals surface area (Å²) in [7, 11) is 0. The maximum atomic E-state index is 11.9. The number of carbonyl (C=O) groups excluding carboxylic acids is 1. The van der Waals surface area contributed by atoms with Gasteiger partial charge in [-0.05, 0) is 19.1 Å². The lowest BCUT2D eigenvalue weighted by Crippen LogP contribution is -2.27. The van der Waals surface area contributed by atoms with Crippen molar-refractivity contribution in [3.05, 3.63) is 28.3 Å².